The van der Waals surface area contributed by atoms with Crippen LogP contribution in [0.15, 0.2) is 5.16 Å². The van der Waals surface area contributed by atoms with E-state index in [1.807, 2.05) is 6.92 Å². The Balaban J connectivity index is 2.23. The number of rotatable bonds is 5. The summed E-state index contributed by atoms with van der Waals surface area (Å²) in [7, 11) is 0. The summed E-state index contributed by atoms with van der Waals surface area (Å²) >= 11 is 0. The lowest BCUT2D eigenvalue weighted by Gasteiger charge is -2.22. The standard InChI is InChI=1S/C11H21N3O3/c1-8(6-10(12)14-16)13-11(15)7-9-4-2-3-5-17-9/h8-9,16H,2-7H2,1H3,(H2,12,14)(H,13,15). The van der Waals surface area contributed by atoms with Crippen LogP contribution in [0.5, 0.6) is 0 Å². The molecule has 0 radical (unpaired) electrons. The Morgan fingerprint density at radius 2 is 2.41 bits per heavy atom. The van der Waals surface area contributed by atoms with Crippen molar-refractivity contribution in [1.82, 2.24) is 5.32 Å². The molecule has 0 spiro atoms. The average Bonchev–Trinajstić information content (AvgIpc) is 2.29. The highest BCUT2D eigenvalue weighted by Gasteiger charge is 2.18. The summed E-state index contributed by atoms with van der Waals surface area (Å²) in [6.45, 7) is 2.56. The van der Waals surface area contributed by atoms with Crippen LogP contribution in [0.3, 0.4) is 0 Å². The molecule has 6 nitrogen and oxygen atoms in total. The number of nitrogens with two attached hydrogens (primary N) is 1. The van der Waals surface area contributed by atoms with Gasteiger partial charge in [-0.05, 0) is 26.2 Å². The van der Waals surface area contributed by atoms with Crippen LogP contribution < -0.4 is 11.1 Å². The molecule has 0 saturated carbocycles. The Bertz CT molecular complexity index is 275. The van der Waals surface area contributed by atoms with Crippen molar-refractivity contribution in [3.63, 3.8) is 0 Å². The molecule has 1 rings (SSSR count). The van der Waals surface area contributed by atoms with Gasteiger partial charge in [0.1, 0.15) is 5.84 Å². The molecule has 0 aromatic heterocycles. The molecule has 1 saturated heterocycles. The highest BCUT2D eigenvalue weighted by Crippen LogP contribution is 2.15. The fourth-order valence-electron chi connectivity index (χ4n) is 1.91. The molecule has 1 heterocycles. The van der Waals surface area contributed by atoms with E-state index >= 15 is 0 Å². The molecule has 6 heteroatoms. The Morgan fingerprint density at radius 1 is 1.65 bits per heavy atom. The minimum absolute atomic E-state index is 0.0415. The molecule has 0 bridgehead atoms. The lowest BCUT2D eigenvalue weighted by Crippen LogP contribution is -2.38. The van der Waals surface area contributed by atoms with Gasteiger partial charge in [0.15, 0.2) is 0 Å². The minimum Gasteiger partial charge on any atom is -0.409 e. The quantitative estimate of drug-likeness (QED) is 0.285. The molecular weight excluding hydrogens is 222 g/mol. The zero-order valence-electron chi connectivity index (χ0n) is 10.2. The van der Waals surface area contributed by atoms with E-state index in [1.54, 1.807) is 0 Å². The highest BCUT2D eigenvalue weighted by molar-refractivity contribution is 5.82. The Morgan fingerprint density at radius 3 is 3.00 bits per heavy atom. The number of carbonyl (C=O) groups is 1. The fourth-order valence-corrected chi connectivity index (χ4v) is 1.91. The number of hydrogen-bond acceptors (Lipinski definition) is 4. The second-order valence-corrected chi connectivity index (χ2v) is 4.46. The van der Waals surface area contributed by atoms with Crippen LogP contribution >= 0.6 is 0 Å². The Kier molecular flexibility index (Phi) is 5.76. The van der Waals surface area contributed by atoms with Gasteiger partial charge in [0, 0.05) is 19.1 Å². The third kappa shape index (κ3) is 5.53. The summed E-state index contributed by atoms with van der Waals surface area (Å²) in [5.74, 6) is 0.0712. The SMILES string of the molecule is CC(CC(N)=NO)NC(=O)CC1CCCCO1. The van der Waals surface area contributed by atoms with Crippen LogP contribution in [0, 0.1) is 0 Å². The fraction of sp³-hybridized carbons (Fsp3) is 0.818. The Hall–Kier alpha value is -1.30. The van der Waals surface area contributed by atoms with E-state index < -0.39 is 0 Å². The van der Waals surface area contributed by atoms with Gasteiger partial charge in [-0.25, -0.2) is 0 Å². The number of nitrogens with zero attached hydrogens (tertiary/aromatic N) is 1. The molecule has 0 aliphatic carbocycles. The normalized spacial score (nSPS) is 23.1. The van der Waals surface area contributed by atoms with Crippen molar-refractivity contribution in [2.24, 2.45) is 10.9 Å². The van der Waals surface area contributed by atoms with Gasteiger partial charge in [-0.3, -0.25) is 4.79 Å². The number of amidine groups is 1. The van der Waals surface area contributed by atoms with E-state index in [2.05, 4.69) is 10.5 Å². The largest absolute Gasteiger partial charge is 0.409 e. The van der Waals surface area contributed by atoms with Gasteiger partial charge in [0.25, 0.3) is 0 Å². The van der Waals surface area contributed by atoms with Crippen LogP contribution in [0.1, 0.15) is 39.0 Å². The van der Waals surface area contributed by atoms with Crippen molar-refractivity contribution < 1.29 is 14.7 Å². The lowest BCUT2D eigenvalue weighted by molar-refractivity contribution is -0.125. The molecule has 17 heavy (non-hydrogen) atoms. The molecular formula is C11H21N3O3. The predicted molar refractivity (Wildman–Crippen MR) is 63.8 cm³/mol. The van der Waals surface area contributed by atoms with Crippen LogP contribution in [0.25, 0.3) is 0 Å². The lowest BCUT2D eigenvalue weighted by atomic mass is 10.1. The summed E-state index contributed by atoms with van der Waals surface area (Å²) in [6.07, 6.45) is 3.92. The maximum absolute atomic E-state index is 11.7. The van der Waals surface area contributed by atoms with Crippen molar-refractivity contribution in [2.75, 3.05) is 6.61 Å². The number of nitrogens with one attached hydrogen (secondary N) is 1. The van der Waals surface area contributed by atoms with Crippen LogP contribution in [0.4, 0.5) is 0 Å². The summed E-state index contributed by atoms with van der Waals surface area (Å²) in [6, 6.07) is -0.137. The van der Waals surface area contributed by atoms with Crippen molar-refractivity contribution >= 4 is 11.7 Å². The maximum Gasteiger partial charge on any atom is 0.222 e. The molecule has 1 amide bonds. The molecule has 1 fully saturated rings. The van der Waals surface area contributed by atoms with Crippen molar-refractivity contribution in [3.8, 4) is 0 Å². The predicted octanol–water partition coefficient (Wildman–Crippen LogP) is 0.587. The highest BCUT2D eigenvalue weighted by atomic mass is 16.5. The van der Waals surface area contributed by atoms with Gasteiger partial charge < -0.3 is 21.0 Å². The zero-order chi connectivity index (χ0) is 12.7. The third-order valence-corrected chi connectivity index (χ3v) is 2.74. The zero-order valence-corrected chi connectivity index (χ0v) is 10.2. The third-order valence-electron chi connectivity index (χ3n) is 2.74. The molecule has 4 N–H and O–H groups in total. The first-order valence-electron chi connectivity index (χ1n) is 5.99. The summed E-state index contributed by atoms with van der Waals surface area (Å²) in [5, 5.41) is 14.1. The maximum atomic E-state index is 11.7. The summed E-state index contributed by atoms with van der Waals surface area (Å²) in [5.41, 5.74) is 5.36. The second kappa shape index (κ2) is 7.11. The first-order valence-corrected chi connectivity index (χ1v) is 5.99. The topological polar surface area (TPSA) is 96.9 Å². The van der Waals surface area contributed by atoms with Crippen molar-refractivity contribution in [3.05, 3.63) is 0 Å². The van der Waals surface area contributed by atoms with Crippen molar-refractivity contribution in [2.45, 2.75) is 51.2 Å². The number of amides is 1. The Labute approximate surface area is 101 Å². The summed E-state index contributed by atoms with van der Waals surface area (Å²) < 4.78 is 5.48. The monoisotopic (exact) mass is 243 g/mol. The summed E-state index contributed by atoms with van der Waals surface area (Å²) in [4.78, 5) is 11.7. The number of hydrogen-bond donors (Lipinski definition) is 3. The number of ether oxygens (including phenoxy) is 1. The van der Waals surface area contributed by atoms with Gasteiger partial charge in [-0.1, -0.05) is 5.16 Å². The van der Waals surface area contributed by atoms with Gasteiger partial charge in [0.05, 0.1) is 12.5 Å². The minimum atomic E-state index is -0.137. The van der Waals surface area contributed by atoms with Gasteiger partial charge >= 0.3 is 0 Å². The van der Waals surface area contributed by atoms with Gasteiger partial charge in [-0.15, -0.1) is 0 Å². The van der Waals surface area contributed by atoms with E-state index in [4.69, 9.17) is 15.7 Å². The second-order valence-electron chi connectivity index (χ2n) is 4.46. The molecule has 0 aromatic carbocycles. The van der Waals surface area contributed by atoms with Crippen molar-refractivity contribution in [1.29, 1.82) is 0 Å². The smallest absolute Gasteiger partial charge is 0.222 e. The van der Waals surface area contributed by atoms with E-state index in [9.17, 15) is 4.79 Å². The average molecular weight is 243 g/mol. The first kappa shape index (κ1) is 13.8. The van der Waals surface area contributed by atoms with E-state index in [-0.39, 0.29) is 23.9 Å². The van der Waals surface area contributed by atoms with Crippen LogP contribution in [-0.2, 0) is 9.53 Å². The van der Waals surface area contributed by atoms with E-state index in [1.165, 1.54) is 0 Å². The number of oxime groups is 1. The van der Waals surface area contributed by atoms with Crippen LogP contribution in [-0.4, -0.2) is 35.7 Å². The molecule has 98 valence electrons. The molecule has 1 aliphatic heterocycles. The first-order chi connectivity index (χ1) is 8.11. The molecule has 0 aromatic rings. The molecule has 2 atom stereocenters. The van der Waals surface area contributed by atoms with E-state index in [0.717, 1.165) is 25.9 Å². The van der Waals surface area contributed by atoms with Gasteiger partial charge in [-0.2, -0.15) is 0 Å². The molecule has 1 aliphatic rings. The van der Waals surface area contributed by atoms with E-state index in [0.29, 0.717) is 12.8 Å². The molecule has 2 unspecified atom stereocenters. The van der Waals surface area contributed by atoms with Gasteiger partial charge in [0.2, 0.25) is 5.91 Å². The van der Waals surface area contributed by atoms with Crippen LogP contribution in [0.2, 0.25) is 0 Å². The number of carbonyl (C=O) groups excluding carboxylic acids is 1.